The number of carbonyl (C=O) groups excluding carboxylic acids is 2. The Bertz CT molecular complexity index is 1100. The third-order valence-corrected chi connectivity index (χ3v) is 16.2. The van der Waals surface area contributed by atoms with Gasteiger partial charge in [-0.25, -0.2) is 0 Å². The highest BCUT2D eigenvalue weighted by Crippen LogP contribution is 2.22. The molecule has 0 radical (unpaired) electrons. The Morgan fingerprint density at radius 1 is 0.389 bits per heavy atom. The molecule has 428 valence electrons. The average Bonchev–Trinajstić information content (AvgIpc) is 3.39. The second-order valence-electron chi connectivity index (χ2n) is 23.3. The third kappa shape index (κ3) is 45.1. The summed E-state index contributed by atoms with van der Waals surface area (Å²) >= 11 is 0. The molecule has 1 atom stereocenters. The van der Waals surface area contributed by atoms with Gasteiger partial charge in [-0.1, -0.05) is 253 Å². The molecule has 72 heavy (non-hydrogen) atoms. The fourth-order valence-corrected chi connectivity index (χ4v) is 11.2. The van der Waals surface area contributed by atoms with E-state index in [9.17, 15) is 9.59 Å². The zero-order valence-electron chi connectivity index (χ0n) is 49.9. The maximum absolute atomic E-state index is 14.3. The average molecular weight is 1020 g/mol. The van der Waals surface area contributed by atoms with Gasteiger partial charge in [0.2, 0.25) is 5.91 Å². The number of rotatable bonds is 57. The van der Waals surface area contributed by atoms with Gasteiger partial charge in [0.15, 0.2) is 0 Å². The predicted octanol–water partition coefficient (Wildman–Crippen LogP) is 18.5. The van der Waals surface area contributed by atoms with E-state index in [2.05, 4.69) is 54.2 Å². The van der Waals surface area contributed by atoms with Crippen molar-refractivity contribution in [1.29, 1.82) is 0 Å². The van der Waals surface area contributed by atoms with E-state index in [1.54, 1.807) is 0 Å². The molecule has 1 fully saturated rings. The summed E-state index contributed by atoms with van der Waals surface area (Å²) in [6.07, 6.45) is 58.5. The van der Waals surface area contributed by atoms with E-state index < -0.39 is 0 Å². The van der Waals surface area contributed by atoms with Gasteiger partial charge in [0.05, 0.1) is 13.2 Å². The van der Waals surface area contributed by atoms with Gasteiger partial charge < -0.3 is 19.4 Å². The Kier molecular flexibility index (Phi) is 52.2. The lowest BCUT2D eigenvalue weighted by Crippen LogP contribution is -2.47. The van der Waals surface area contributed by atoms with Crippen molar-refractivity contribution >= 4 is 11.9 Å². The Labute approximate surface area is 452 Å². The Morgan fingerprint density at radius 3 is 1.14 bits per heavy atom. The number of hydrogen-bond donors (Lipinski definition) is 0. The van der Waals surface area contributed by atoms with Crippen LogP contribution in [0.5, 0.6) is 0 Å². The number of ether oxygens (including phenoxy) is 1. The van der Waals surface area contributed by atoms with Crippen molar-refractivity contribution in [2.45, 2.75) is 324 Å². The molecule has 0 N–H and O–H groups in total. The standard InChI is InChI=1S/C65H130N4O3/c1-6-11-16-20-24-25-26-27-28-32-37-41-51-66(52-42-39-33-34-40-49-65(71)72-60-46-15-10-5)57-50-63-48-47-56-69(61-63)64(70)62-68(55-45-38-31-23-19-14-9-4)59-58-67(53-43-35-29-21-17-12-7-2)54-44-36-30-22-18-13-8-3/h63H,6-62H2,1-5H3. The number of carbonyl (C=O) groups is 2. The van der Waals surface area contributed by atoms with Gasteiger partial charge in [-0.15, -0.1) is 0 Å². The number of esters is 1. The minimum absolute atomic E-state index is 0.00600. The van der Waals surface area contributed by atoms with Crippen LogP contribution in [0.4, 0.5) is 0 Å². The summed E-state index contributed by atoms with van der Waals surface area (Å²) < 4.78 is 5.44. The SMILES string of the molecule is CCCCCCCCCCCCCCN(CCCCCCCC(=O)OCCCCC)CCC1CCCN(C(=O)CN(CCCCCCCCC)CCN(CCCCCCCCC)CCCCCCCCC)C1. The molecule has 1 saturated heterocycles. The van der Waals surface area contributed by atoms with Crippen LogP contribution in [0.1, 0.15) is 324 Å². The van der Waals surface area contributed by atoms with Gasteiger partial charge in [0.1, 0.15) is 0 Å². The van der Waals surface area contributed by atoms with Gasteiger partial charge in [-0.05, 0) is 109 Å². The first-order valence-electron chi connectivity index (χ1n) is 33.1. The topological polar surface area (TPSA) is 56.3 Å². The highest BCUT2D eigenvalue weighted by atomic mass is 16.5. The van der Waals surface area contributed by atoms with E-state index in [0.717, 1.165) is 71.2 Å². The zero-order chi connectivity index (χ0) is 52.1. The van der Waals surface area contributed by atoms with Crippen LogP contribution in [0.15, 0.2) is 0 Å². The van der Waals surface area contributed by atoms with Crippen LogP contribution in [0.25, 0.3) is 0 Å². The summed E-state index contributed by atoms with van der Waals surface area (Å²) in [6.45, 7) is 23.8. The van der Waals surface area contributed by atoms with E-state index in [0.29, 0.717) is 31.4 Å². The monoisotopic (exact) mass is 1020 g/mol. The maximum atomic E-state index is 14.3. The molecule has 0 saturated carbocycles. The lowest BCUT2D eigenvalue weighted by Gasteiger charge is -2.36. The van der Waals surface area contributed by atoms with Crippen LogP contribution in [-0.2, 0) is 14.3 Å². The molecule has 1 heterocycles. The molecule has 0 aromatic heterocycles. The van der Waals surface area contributed by atoms with Crippen LogP contribution in [-0.4, -0.2) is 110 Å². The lowest BCUT2D eigenvalue weighted by molar-refractivity contribution is -0.144. The molecule has 1 aliphatic heterocycles. The molecule has 7 heteroatoms. The number of nitrogens with zero attached hydrogens (tertiary/aromatic N) is 4. The molecular formula is C65H130N4O3. The second kappa shape index (κ2) is 54.6. The largest absolute Gasteiger partial charge is 0.466 e. The van der Waals surface area contributed by atoms with E-state index >= 15 is 0 Å². The highest BCUT2D eigenvalue weighted by Gasteiger charge is 2.26. The number of amides is 1. The van der Waals surface area contributed by atoms with Crippen molar-refractivity contribution in [3.63, 3.8) is 0 Å². The number of piperidine rings is 1. The normalized spacial score (nSPS) is 14.2. The summed E-state index contributed by atoms with van der Waals surface area (Å²) in [7, 11) is 0. The second-order valence-corrected chi connectivity index (χ2v) is 23.3. The van der Waals surface area contributed by atoms with Crippen molar-refractivity contribution in [2.75, 3.05) is 78.6 Å². The van der Waals surface area contributed by atoms with Crippen molar-refractivity contribution < 1.29 is 14.3 Å². The van der Waals surface area contributed by atoms with Crippen molar-refractivity contribution in [2.24, 2.45) is 5.92 Å². The summed E-state index contributed by atoms with van der Waals surface area (Å²) in [4.78, 5) is 36.9. The van der Waals surface area contributed by atoms with Gasteiger partial charge in [0.25, 0.3) is 0 Å². The predicted molar refractivity (Wildman–Crippen MR) is 316 cm³/mol. The number of unbranched alkanes of at least 4 members (excludes halogenated alkanes) is 35. The fourth-order valence-electron chi connectivity index (χ4n) is 11.2. The van der Waals surface area contributed by atoms with E-state index in [-0.39, 0.29) is 5.97 Å². The van der Waals surface area contributed by atoms with E-state index in [1.807, 2.05) is 0 Å². The Hall–Kier alpha value is -1.18. The van der Waals surface area contributed by atoms with Crippen LogP contribution >= 0.6 is 0 Å². The lowest BCUT2D eigenvalue weighted by atomic mass is 9.94. The number of hydrogen-bond acceptors (Lipinski definition) is 6. The van der Waals surface area contributed by atoms with Crippen molar-refractivity contribution in [1.82, 2.24) is 19.6 Å². The molecule has 0 bridgehead atoms. The fraction of sp³-hybridized carbons (Fsp3) is 0.969. The number of likely N-dealkylation sites (tertiary alicyclic amines) is 1. The summed E-state index contributed by atoms with van der Waals surface area (Å²) in [5, 5.41) is 0. The van der Waals surface area contributed by atoms with Gasteiger partial charge in [-0.2, -0.15) is 0 Å². The molecule has 1 amide bonds. The smallest absolute Gasteiger partial charge is 0.305 e. The first kappa shape index (κ1) is 68.8. The maximum Gasteiger partial charge on any atom is 0.305 e. The molecule has 1 unspecified atom stereocenters. The third-order valence-electron chi connectivity index (χ3n) is 16.2. The van der Waals surface area contributed by atoms with Gasteiger partial charge >= 0.3 is 5.97 Å². The molecule has 0 aliphatic carbocycles. The molecular weight excluding hydrogens is 885 g/mol. The van der Waals surface area contributed by atoms with E-state index in [4.69, 9.17) is 4.74 Å². The van der Waals surface area contributed by atoms with Crippen LogP contribution in [0.2, 0.25) is 0 Å². The van der Waals surface area contributed by atoms with Crippen LogP contribution in [0, 0.1) is 5.92 Å². The summed E-state index contributed by atoms with van der Waals surface area (Å²) in [6, 6.07) is 0. The van der Waals surface area contributed by atoms with Gasteiger partial charge in [0, 0.05) is 32.6 Å². The van der Waals surface area contributed by atoms with Gasteiger partial charge in [-0.3, -0.25) is 14.5 Å². The minimum Gasteiger partial charge on any atom is -0.466 e. The zero-order valence-corrected chi connectivity index (χ0v) is 49.9. The Balaban J connectivity index is 2.80. The molecule has 7 nitrogen and oxygen atoms in total. The molecule has 1 rings (SSSR count). The minimum atomic E-state index is -0.00600. The van der Waals surface area contributed by atoms with E-state index in [1.165, 1.54) is 277 Å². The quantitative estimate of drug-likeness (QED) is 0.0447. The van der Waals surface area contributed by atoms with Crippen LogP contribution in [0.3, 0.4) is 0 Å². The highest BCUT2D eigenvalue weighted by molar-refractivity contribution is 5.78. The van der Waals surface area contributed by atoms with Crippen molar-refractivity contribution in [3.8, 4) is 0 Å². The first-order valence-corrected chi connectivity index (χ1v) is 33.1. The molecule has 0 spiro atoms. The summed E-state index contributed by atoms with van der Waals surface area (Å²) in [5.41, 5.74) is 0. The van der Waals surface area contributed by atoms with Crippen LogP contribution < -0.4 is 0 Å². The molecule has 0 aromatic carbocycles. The summed E-state index contributed by atoms with van der Waals surface area (Å²) in [5.74, 6) is 1.00. The Morgan fingerprint density at radius 2 is 0.722 bits per heavy atom. The first-order chi connectivity index (χ1) is 35.5. The van der Waals surface area contributed by atoms with Crippen molar-refractivity contribution in [3.05, 3.63) is 0 Å². The molecule has 1 aliphatic rings. The molecule has 0 aromatic rings.